The predicted octanol–water partition coefficient (Wildman–Crippen LogP) is 6.83. The number of nitrogens with zero attached hydrogens (tertiary/aromatic N) is 1. The average Bonchev–Trinajstić information content (AvgIpc) is 2.80. The minimum absolute atomic E-state index is 0.145. The van der Waals surface area contributed by atoms with Crippen LogP contribution in [0.5, 0.6) is 0 Å². The van der Waals surface area contributed by atoms with Gasteiger partial charge in [0.1, 0.15) is 6.07 Å². The highest BCUT2D eigenvalue weighted by atomic mass is 32.2. The Morgan fingerprint density at radius 1 is 0.967 bits per heavy atom. The minimum atomic E-state index is -0.145. The van der Waals surface area contributed by atoms with Gasteiger partial charge in [0.15, 0.2) is 0 Å². The fraction of sp³-hybridized carbons (Fsp3) is 0.167. The molecule has 150 valence electrons. The first-order valence-electron chi connectivity index (χ1n) is 9.65. The molecule has 1 N–H and O–H groups in total. The fourth-order valence-corrected chi connectivity index (χ4v) is 7.05. The second-order valence-corrected chi connectivity index (χ2v) is 10.5. The second kappa shape index (κ2) is 10.1. The van der Waals surface area contributed by atoms with E-state index in [0.29, 0.717) is 15.7 Å². The number of nitriles is 1. The molecule has 6 heteroatoms. The first-order valence-corrected chi connectivity index (χ1v) is 12.6. The molecular formula is C24H20N2OS3. The van der Waals surface area contributed by atoms with Crippen LogP contribution in [0, 0.1) is 11.3 Å². The van der Waals surface area contributed by atoms with Crippen LogP contribution in [0.4, 0.5) is 5.69 Å². The zero-order chi connectivity index (χ0) is 20.8. The molecule has 0 bridgehead atoms. The highest BCUT2D eigenvalue weighted by Gasteiger charge is 2.18. The molecule has 1 saturated heterocycles. The van der Waals surface area contributed by atoms with Gasteiger partial charge in [0.25, 0.3) is 5.91 Å². The predicted molar refractivity (Wildman–Crippen MR) is 128 cm³/mol. The van der Waals surface area contributed by atoms with Crippen LogP contribution in [0.3, 0.4) is 0 Å². The number of carbonyl (C=O) groups excluding carboxylic acids is 1. The van der Waals surface area contributed by atoms with Gasteiger partial charge in [0.2, 0.25) is 0 Å². The largest absolute Gasteiger partial charge is 0.322 e. The third kappa shape index (κ3) is 5.04. The van der Waals surface area contributed by atoms with Crippen molar-refractivity contribution in [3.05, 3.63) is 89.5 Å². The third-order valence-corrected chi connectivity index (χ3v) is 8.77. The van der Waals surface area contributed by atoms with Gasteiger partial charge in [-0.1, -0.05) is 48.2 Å². The van der Waals surface area contributed by atoms with Crippen molar-refractivity contribution in [3.63, 3.8) is 0 Å². The summed E-state index contributed by atoms with van der Waals surface area (Å²) in [6.45, 7) is 0. The maximum absolute atomic E-state index is 13.1. The van der Waals surface area contributed by atoms with E-state index in [4.69, 9.17) is 0 Å². The molecule has 4 rings (SSSR count). The molecular weight excluding hydrogens is 428 g/mol. The normalized spacial score (nSPS) is 14.1. The molecule has 1 amide bonds. The molecule has 1 fully saturated rings. The lowest BCUT2D eigenvalue weighted by Crippen LogP contribution is -2.13. The summed E-state index contributed by atoms with van der Waals surface area (Å²) in [7, 11) is 0. The van der Waals surface area contributed by atoms with Gasteiger partial charge in [-0.15, -0.1) is 23.5 Å². The number of thioether (sulfide) groups is 2. The van der Waals surface area contributed by atoms with E-state index < -0.39 is 0 Å². The van der Waals surface area contributed by atoms with Crippen molar-refractivity contribution < 1.29 is 4.79 Å². The van der Waals surface area contributed by atoms with E-state index in [0.717, 1.165) is 15.5 Å². The maximum Gasteiger partial charge on any atom is 0.256 e. The Labute approximate surface area is 189 Å². The Morgan fingerprint density at radius 3 is 2.50 bits per heavy atom. The van der Waals surface area contributed by atoms with Crippen LogP contribution in [0.25, 0.3) is 0 Å². The van der Waals surface area contributed by atoms with E-state index in [1.165, 1.54) is 35.3 Å². The first-order chi connectivity index (χ1) is 14.7. The van der Waals surface area contributed by atoms with Crippen LogP contribution in [0.2, 0.25) is 0 Å². The number of carbonyl (C=O) groups is 1. The summed E-state index contributed by atoms with van der Waals surface area (Å²) in [5.41, 5.74) is 3.25. The van der Waals surface area contributed by atoms with Crippen molar-refractivity contribution >= 4 is 46.9 Å². The zero-order valence-corrected chi connectivity index (χ0v) is 18.7. The molecule has 3 nitrogen and oxygen atoms in total. The first kappa shape index (κ1) is 20.9. The van der Waals surface area contributed by atoms with Gasteiger partial charge in [0.05, 0.1) is 15.7 Å². The van der Waals surface area contributed by atoms with E-state index >= 15 is 0 Å². The molecule has 1 aliphatic rings. The Balaban J connectivity index is 1.54. The van der Waals surface area contributed by atoms with Gasteiger partial charge in [-0.2, -0.15) is 5.26 Å². The highest BCUT2D eigenvalue weighted by Crippen LogP contribution is 2.44. The summed E-state index contributed by atoms with van der Waals surface area (Å²) in [6, 6.07) is 25.3. The Kier molecular flexibility index (Phi) is 7.06. The minimum Gasteiger partial charge on any atom is -0.322 e. The van der Waals surface area contributed by atoms with E-state index in [9.17, 15) is 10.1 Å². The van der Waals surface area contributed by atoms with E-state index in [1.54, 1.807) is 6.07 Å². The van der Waals surface area contributed by atoms with Crippen LogP contribution in [0.15, 0.2) is 82.6 Å². The highest BCUT2D eigenvalue weighted by molar-refractivity contribution is 8.16. The summed E-state index contributed by atoms with van der Waals surface area (Å²) in [4.78, 5) is 14.7. The lowest BCUT2D eigenvalue weighted by Gasteiger charge is -2.21. The molecule has 1 aliphatic heterocycles. The van der Waals surface area contributed by atoms with Crippen LogP contribution in [-0.4, -0.2) is 17.4 Å². The number of rotatable bonds is 5. The smallest absolute Gasteiger partial charge is 0.256 e. The van der Waals surface area contributed by atoms with Crippen LogP contribution in [-0.2, 0) is 0 Å². The molecule has 0 atom stereocenters. The molecule has 0 spiro atoms. The number of hydrogen-bond donors (Lipinski definition) is 1. The zero-order valence-electron chi connectivity index (χ0n) is 16.2. The second-order valence-electron chi connectivity index (χ2n) is 6.71. The van der Waals surface area contributed by atoms with Crippen molar-refractivity contribution in [1.29, 1.82) is 5.26 Å². The lowest BCUT2D eigenvalue weighted by molar-refractivity contribution is 0.102. The number of nitrogens with one attached hydrogen (secondary N) is 1. The van der Waals surface area contributed by atoms with Gasteiger partial charge < -0.3 is 5.32 Å². The lowest BCUT2D eigenvalue weighted by atomic mass is 10.2. The summed E-state index contributed by atoms with van der Waals surface area (Å²) in [5, 5.41) is 12.4. The Morgan fingerprint density at radius 2 is 1.70 bits per heavy atom. The number of hydrogen-bond acceptors (Lipinski definition) is 5. The van der Waals surface area contributed by atoms with Crippen molar-refractivity contribution in [2.45, 2.75) is 20.8 Å². The van der Waals surface area contributed by atoms with Crippen LogP contribution in [0.1, 0.15) is 32.5 Å². The molecule has 1 heterocycles. The third-order valence-electron chi connectivity index (χ3n) is 4.60. The average molecular weight is 449 g/mol. The molecule has 0 unspecified atom stereocenters. The molecule has 0 aliphatic carbocycles. The van der Waals surface area contributed by atoms with E-state index in [-0.39, 0.29) is 5.91 Å². The molecule has 3 aromatic carbocycles. The number of benzene rings is 3. The summed E-state index contributed by atoms with van der Waals surface area (Å²) in [6.07, 6.45) is 1.26. The van der Waals surface area contributed by atoms with Crippen molar-refractivity contribution in [1.82, 2.24) is 0 Å². The van der Waals surface area contributed by atoms with E-state index in [1.807, 2.05) is 78.1 Å². The van der Waals surface area contributed by atoms with Crippen molar-refractivity contribution in [2.24, 2.45) is 0 Å². The fourth-order valence-electron chi connectivity index (χ4n) is 3.15. The molecule has 0 aromatic heterocycles. The Bertz CT molecular complexity index is 1090. The van der Waals surface area contributed by atoms with Crippen molar-refractivity contribution in [2.75, 3.05) is 16.8 Å². The van der Waals surface area contributed by atoms with E-state index in [2.05, 4.69) is 23.5 Å². The van der Waals surface area contributed by atoms with Crippen molar-refractivity contribution in [3.8, 4) is 6.07 Å². The summed E-state index contributed by atoms with van der Waals surface area (Å²) >= 11 is 5.38. The molecule has 3 aromatic rings. The van der Waals surface area contributed by atoms with Crippen LogP contribution < -0.4 is 5.32 Å². The SMILES string of the molecule is N#Cc1ccccc1Sc1ccccc1C(=O)Nc1cccc(C2SCCCS2)c1. The van der Waals surface area contributed by atoms with Crippen LogP contribution >= 0.6 is 35.3 Å². The monoisotopic (exact) mass is 448 g/mol. The number of anilines is 1. The molecule has 0 radical (unpaired) electrons. The van der Waals surface area contributed by atoms with Gasteiger partial charge in [0, 0.05) is 15.5 Å². The summed E-state index contributed by atoms with van der Waals surface area (Å²) in [5.74, 6) is 2.22. The Hall–Kier alpha value is -2.33. The van der Waals surface area contributed by atoms with Gasteiger partial charge >= 0.3 is 0 Å². The quantitative estimate of drug-likeness (QED) is 0.463. The summed E-state index contributed by atoms with van der Waals surface area (Å²) < 4.78 is 0.431. The molecule has 0 saturated carbocycles. The maximum atomic E-state index is 13.1. The topological polar surface area (TPSA) is 52.9 Å². The molecule has 30 heavy (non-hydrogen) atoms. The number of amides is 1. The van der Waals surface area contributed by atoms with Gasteiger partial charge in [-0.3, -0.25) is 4.79 Å². The van der Waals surface area contributed by atoms with Gasteiger partial charge in [-0.25, -0.2) is 0 Å². The standard InChI is InChI=1S/C24H20N2OS3/c25-16-18-7-1-3-11-21(18)30-22-12-4-2-10-20(22)23(27)26-19-9-5-8-17(15-19)24-28-13-6-14-29-24/h1-5,7-12,15,24H,6,13-14H2,(H,26,27). The van der Waals surface area contributed by atoms with Gasteiger partial charge in [-0.05, 0) is 59.9 Å².